The van der Waals surface area contributed by atoms with Crippen molar-refractivity contribution < 1.29 is 14.3 Å². The van der Waals surface area contributed by atoms with Crippen LogP contribution in [0.3, 0.4) is 0 Å². The fourth-order valence-corrected chi connectivity index (χ4v) is 2.74. The minimum absolute atomic E-state index is 0.0500. The third kappa shape index (κ3) is 0.849. The number of methoxy groups -OCH3 is 1. The Morgan fingerprint density at radius 3 is 3.23 bits per heavy atom. The van der Waals surface area contributed by atoms with Crippen molar-refractivity contribution in [3.63, 3.8) is 0 Å². The first-order valence-corrected chi connectivity index (χ1v) is 4.75. The molecule has 3 rings (SSSR count). The van der Waals surface area contributed by atoms with Gasteiger partial charge in [-0.1, -0.05) is 0 Å². The van der Waals surface area contributed by atoms with Gasteiger partial charge in [-0.25, -0.2) is 0 Å². The van der Waals surface area contributed by atoms with Crippen molar-refractivity contribution in [2.75, 3.05) is 13.7 Å². The summed E-state index contributed by atoms with van der Waals surface area (Å²) in [6, 6.07) is 0. The minimum atomic E-state index is -0.572. The zero-order valence-electron chi connectivity index (χ0n) is 7.58. The summed E-state index contributed by atoms with van der Waals surface area (Å²) in [5.74, 6) is 0.364. The van der Waals surface area contributed by atoms with Crippen molar-refractivity contribution in [2.24, 2.45) is 5.92 Å². The summed E-state index contributed by atoms with van der Waals surface area (Å²) in [7, 11) is 1.63. The quantitative estimate of drug-likeness (QED) is 0.567. The number of hydrogen-bond donors (Lipinski definition) is 1. The second kappa shape index (κ2) is 2.25. The highest BCUT2D eigenvalue weighted by Crippen LogP contribution is 2.48. The van der Waals surface area contributed by atoms with Gasteiger partial charge >= 0.3 is 0 Å². The number of hydrogen-bond acceptors (Lipinski definition) is 3. The zero-order chi connectivity index (χ0) is 9.05. The van der Waals surface area contributed by atoms with Gasteiger partial charge < -0.3 is 14.8 Å². The Kier molecular flexibility index (Phi) is 1.34. The van der Waals surface area contributed by atoms with Gasteiger partial charge in [0.15, 0.2) is 5.60 Å². The number of amides is 1. The molecule has 0 bridgehead atoms. The van der Waals surface area contributed by atoms with E-state index < -0.39 is 5.60 Å². The van der Waals surface area contributed by atoms with Gasteiger partial charge in [-0.05, 0) is 6.42 Å². The first-order chi connectivity index (χ1) is 6.26. The lowest BCUT2D eigenvalue weighted by atomic mass is 9.77. The minimum Gasteiger partial charge on any atom is -0.369 e. The molecule has 0 aromatic rings. The Morgan fingerprint density at radius 2 is 2.46 bits per heavy atom. The fourth-order valence-electron chi connectivity index (χ4n) is 2.74. The summed E-state index contributed by atoms with van der Waals surface area (Å²) < 4.78 is 10.8. The van der Waals surface area contributed by atoms with E-state index in [1.807, 2.05) is 0 Å². The summed E-state index contributed by atoms with van der Waals surface area (Å²) >= 11 is 0. The van der Waals surface area contributed by atoms with Crippen LogP contribution in [0.4, 0.5) is 0 Å². The Bertz CT molecular complexity index is 268. The average molecular weight is 183 g/mol. The Balaban J connectivity index is 1.94. The van der Waals surface area contributed by atoms with Crippen molar-refractivity contribution in [3.8, 4) is 0 Å². The molecule has 2 heterocycles. The van der Waals surface area contributed by atoms with E-state index in [2.05, 4.69) is 5.32 Å². The Morgan fingerprint density at radius 1 is 1.62 bits per heavy atom. The predicted octanol–water partition coefficient (Wildman–Crippen LogP) is -0.321. The molecule has 1 aliphatic carbocycles. The van der Waals surface area contributed by atoms with Gasteiger partial charge in [0.1, 0.15) is 0 Å². The van der Waals surface area contributed by atoms with Crippen molar-refractivity contribution in [1.82, 2.24) is 5.32 Å². The number of carbonyl (C=O) groups excluding carboxylic acids is 1. The smallest absolute Gasteiger partial charge is 0.252 e. The predicted molar refractivity (Wildman–Crippen MR) is 44.1 cm³/mol. The highest BCUT2D eigenvalue weighted by Gasteiger charge is 2.62. The molecule has 0 spiro atoms. The van der Waals surface area contributed by atoms with Crippen molar-refractivity contribution >= 4 is 5.91 Å². The molecule has 4 heteroatoms. The molecule has 4 atom stereocenters. The van der Waals surface area contributed by atoms with Gasteiger partial charge in [0, 0.05) is 26.0 Å². The molecule has 4 nitrogen and oxygen atoms in total. The van der Waals surface area contributed by atoms with Gasteiger partial charge in [0.2, 0.25) is 0 Å². The summed E-state index contributed by atoms with van der Waals surface area (Å²) in [4.78, 5) is 11.6. The van der Waals surface area contributed by atoms with E-state index in [4.69, 9.17) is 9.47 Å². The van der Waals surface area contributed by atoms with E-state index >= 15 is 0 Å². The van der Waals surface area contributed by atoms with Crippen molar-refractivity contribution in [1.29, 1.82) is 0 Å². The molecule has 2 aliphatic heterocycles. The number of fused-ring (bicyclic) bond motifs is 2. The normalized spacial score (nSPS) is 52.4. The molecule has 0 aromatic heterocycles. The van der Waals surface area contributed by atoms with E-state index in [1.54, 1.807) is 7.11 Å². The fraction of sp³-hybridized carbons (Fsp3) is 0.889. The van der Waals surface area contributed by atoms with Gasteiger partial charge in [-0.3, -0.25) is 4.79 Å². The van der Waals surface area contributed by atoms with E-state index in [0.29, 0.717) is 12.0 Å². The number of epoxide rings is 1. The van der Waals surface area contributed by atoms with Crippen LogP contribution in [0.25, 0.3) is 0 Å². The summed E-state index contributed by atoms with van der Waals surface area (Å²) in [6.07, 6.45) is 2.39. The first kappa shape index (κ1) is 7.76. The van der Waals surface area contributed by atoms with E-state index in [1.165, 1.54) is 0 Å². The lowest BCUT2D eigenvalue weighted by molar-refractivity contribution is -0.145. The van der Waals surface area contributed by atoms with Crippen molar-refractivity contribution in [2.45, 2.75) is 30.7 Å². The van der Waals surface area contributed by atoms with Gasteiger partial charge in [0.25, 0.3) is 5.91 Å². The van der Waals surface area contributed by atoms with Crippen molar-refractivity contribution in [3.05, 3.63) is 0 Å². The molecular weight excluding hydrogens is 170 g/mol. The number of ether oxygens (including phenoxy) is 2. The molecule has 72 valence electrons. The molecule has 1 amide bonds. The first-order valence-electron chi connectivity index (χ1n) is 4.75. The maximum Gasteiger partial charge on any atom is 0.252 e. The second-order valence-electron chi connectivity index (χ2n) is 4.15. The maximum absolute atomic E-state index is 11.6. The van der Waals surface area contributed by atoms with Gasteiger partial charge in [-0.15, -0.1) is 0 Å². The van der Waals surface area contributed by atoms with Crippen LogP contribution in [0.1, 0.15) is 12.8 Å². The summed E-state index contributed by atoms with van der Waals surface area (Å²) in [6.45, 7) is 0.749. The van der Waals surface area contributed by atoms with Crippen LogP contribution in [-0.2, 0) is 14.3 Å². The SMILES string of the molecule is COC12CC3OC3CC1CNC2=O. The molecular formula is C9H13NO3. The highest BCUT2D eigenvalue weighted by atomic mass is 16.6. The molecule has 1 N–H and O–H groups in total. The molecule has 3 aliphatic rings. The van der Waals surface area contributed by atoms with Crippen LogP contribution < -0.4 is 5.32 Å². The molecule has 3 fully saturated rings. The number of nitrogens with one attached hydrogen (secondary N) is 1. The van der Waals surface area contributed by atoms with E-state index in [0.717, 1.165) is 19.4 Å². The third-order valence-electron chi connectivity index (χ3n) is 3.63. The number of carbonyl (C=O) groups is 1. The maximum atomic E-state index is 11.6. The lowest BCUT2D eigenvalue weighted by Gasteiger charge is -2.32. The third-order valence-corrected chi connectivity index (χ3v) is 3.63. The molecule has 1 saturated carbocycles. The van der Waals surface area contributed by atoms with Gasteiger partial charge in [0.05, 0.1) is 12.2 Å². The van der Waals surface area contributed by atoms with Crippen LogP contribution in [0, 0.1) is 5.92 Å². The summed E-state index contributed by atoms with van der Waals surface area (Å²) in [5, 5.41) is 2.87. The van der Waals surface area contributed by atoms with Crippen LogP contribution in [0.5, 0.6) is 0 Å². The zero-order valence-corrected chi connectivity index (χ0v) is 7.58. The molecule has 2 saturated heterocycles. The van der Waals surface area contributed by atoms with Crippen LogP contribution in [0.2, 0.25) is 0 Å². The van der Waals surface area contributed by atoms with E-state index in [-0.39, 0.29) is 12.0 Å². The standard InChI is InChI=1S/C9H13NO3/c1-12-9-3-7-6(13-7)2-5(9)4-10-8(9)11/h5-7H,2-4H2,1H3,(H,10,11). The molecule has 0 aromatic carbocycles. The molecule has 13 heavy (non-hydrogen) atoms. The topological polar surface area (TPSA) is 50.9 Å². The Labute approximate surface area is 76.6 Å². The number of rotatable bonds is 1. The van der Waals surface area contributed by atoms with Crippen LogP contribution in [-0.4, -0.2) is 37.4 Å². The average Bonchev–Trinajstić information content (AvgIpc) is 2.82. The largest absolute Gasteiger partial charge is 0.369 e. The molecule has 0 radical (unpaired) electrons. The van der Waals surface area contributed by atoms with E-state index in [9.17, 15) is 4.79 Å². The summed E-state index contributed by atoms with van der Waals surface area (Å²) in [5.41, 5.74) is -0.572. The van der Waals surface area contributed by atoms with Gasteiger partial charge in [-0.2, -0.15) is 0 Å². The lowest BCUT2D eigenvalue weighted by Crippen LogP contribution is -2.48. The van der Waals surface area contributed by atoms with Crippen LogP contribution in [0.15, 0.2) is 0 Å². The monoisotopic (exact) mass is 183 g/mol. The Hall–Kier alpha value is -0.610. The molecule has 4 unspecified atom stereocenters. The van der Waals surface area contributed by atoms with Crippen LogP contribution >= 0.6 is 0 Å². The second-order valence-corrected chi connectivity index (χ2v) is 4.15. The highest BCUT2D eigenvalue weighted by molar-refractivity contribution is 5.88.